The summed E-state index contributed by atoms with van der Waals surface area (Å²) in [5.41, 5.74) is 1.08. The van der Waals surface area contributed by atoms with Crippen LogP contribution in [-0.4, -0.2) is 18.5 Å². The van der Waals surface area contributed by atoms with Gasteiger partial charge in [0, 0.05) is 12.4 Å². The fourth-order valence-electron chi connectivity index (χ4n) is 0.275. The Morgan fingerprint density at radius 2 is 2.38 bits per heavy atom. The van der Waals surface area contributed by atoms with Gasteiger partial charge >= 0.3 is 0 Å². The zero-order chi connectivity index (χ0) is 6.57. The molecule has 0 spiro atoms. The molecule has 0 rings (SSSR count). The van der Waals surface area contributed by atoms with Crippen LogP contribution in [0.1, 0.15) is 6.92 Å². The quantitative estimate of drug-likeness (QED) is 0.475. The molecule has 1 nitrogen and oxygen atoms in total. The molecule has 0 bridgehead atoms. The van der Waals surface area contributed by atoms with Gasteiger partial charge in [-0.05, 0) is 12.5 Å². The van der Waals surface area contributed by atoms with E-state index in [2.05, 4.69) is 22.5 Å². The fourth-order valence-corrected chi connectivity index (χ4v) is 0.731. The molecule has 1 unspecified atom stereocenters. The average molecular weight is 179 g/mol. The van der Waals surface area contributed by atoms with Crippen molar-refractivity contribution in [2.24, 2.45) is 0 Å². The van der Waals surface area contributed by atoms with Crippen LogP contribution in [0, 0.1) is 0 Å². The second-order valence-corrected chi connectivity index (χ2v) is 2.23. The first-order chi connectivity index (χ1) is 3.72. The molecule has 0 aromatic rings. The third-order valence-corrected chi connectivity index (χ3v) is 1.82. The highest BCUT2D eigenvalue weighted by Gasteiger charge is 2.00. The van der Waals surface area contributed by atoms with Gasteiger partial charge in [-0.15, -0.1) is 0 Å². The van der Waals surface area contributed by atoms with Gasteiger partial charge in [0.2, 0.25) is 0 Å². The van der Waals surface area contributed by atoms with Gasteiger partial charge in [-0.1, -0.05) is 22.5 Å². The third kappa shape index (κ3) is 2.48. The van der Waals surface area contributed by atoms with E-state index in [1.165, 1.54) is 0 Å². The number of alkyl halides is 1. The molecule has 0 saturated heterocycles. The van der Waals surface area contributed by atoms with E-state index in [0.29, 0.717) is 0 Å². The van der Waals surface area contributed by atoms with Crippen LogP contribution in [0.4, 0.5) is 0 Å². The second-order valence-electron chi connectivity index (χ2n) is 1.67. The molecule has 0 aromatic heterocycles. The van der Waals surface area contributed by atoms with E-state index in [4.69, 9.17) is 4.74 Å². The van der Waals surface area contributed by atoms with Crippen molar-refractivity contribution in [1.29, 1.82) is 0 Å². The molecule has 0 fully saturated rings. The highest BCUT2D eigenvalue weighted by molar-refractivity contribution is 9.09. The van der Waals surface area contributed by atoms with Gasteiger partial charge in [0.25, 0.3) is 0 Å². The molecular formula is C6H11BrO. The highest BCUT2D eigenvalue weighted by Crippen LogP contribution is 2.04. The van der Waals surface area contributed by atoms with Crippen molar-refractivity contribution in [2.45, 2.75) is 13.0 Å². The summed E-state index contributed by atoms with van der Waals surface area (Å²) in [6, 6.07) is 0. The van der Waals surface area contributed by atoms with Crippen molar-refractivity contribution in [3.8, 4) is 0 Å². The Kier molecular flexibility index (Phi) is 4.19. The standard InChI is InChI=1S/C6H11BrO/c1-5(4-7)6(2)8-3/h6H,1,4H2,2-3H3. The Morgan fingerprint density at radius 3 is 2.50 bits per heavy atom. The van der Waals surface area contributed by atoms with E-state index in [0.717, 1.165) is 10.9 Å². The van der Waals surface area contributed by atoms with Crippen LogP contribution in [0.15, 0.2) is 12.2 Å². The van der Waals surface area contributed by atoms with E-state index in [-0.39, 0.29) is 6.10 Å². The van der Waals surface area contributed by atoms with Crippen LogP contribution in [0.25, 0.3) is 0 Å². The summed E-state index contributed by atoms with van der Waals surface area (Å²) in [7, 11) is 1.68. The number of ether oxygens (including phenoxy) is 1. The van der Waals surface area contributed by atoms with Crippen LogP contribution in [0.2, 0.25) is 0 Å². The van der Waals surface area contributed by atoms with E-state index in [1.54, 1.807) is 7.11 Å². The molecule has 0 saturated carbocycles. The first-order valence-corrected chi connectivity index (χ1v) is 3.61. The first-order valence-electron chi connectivity index (χ1n) is 2.48. The predicted octanol–water partition coefficient (Wildman–Crippen LogP) is 1.97. The molecule has 1 atom stereocenters. The Balaban J connectivity index is 3.46. The lowest BCUT2D eigenvalue weighted by molar-refractivity contribution is 0.148. The number of halogens is 1. The van der Waals surface area contributed by atoms with E-state index in [1.807, 2.05) is 6.92 Å². The minimum atomic E-state index is 0.175. The maximum Gasteiger partial charge on any atom is 0.0758 e. The molecule has 8 heavy (non-hydrogen) atoms. The topological polar surface area (TPSA) is 9.23 Å². The molecule has 48 valence electrons. The third-order valence-electron chi connectivity index (χ3n) is 1.10. The van der Waals surface area contributed by atoms with Gasteiger partial charge in [0.05, 0.1) is 6.10 Å². The van der Waals surface area contributed by atoms with Crippen molar-refractivity contribution in [2.75, 3.05) is 12.4 Å². The Labute approximate surface area is 58.9 Å². The smallest absolute Gasteiger partial charge is 0.0758 e. The predicted molar refractivity (Wildman–Crippen MR) is 39.4 cm³/mol. The highest BCUT2D eigenvalue weighted by atomic mass is 79.9. The van der Waals surface area contributed by atoms with E-state index in [9.17, 15) is 0 Å². The van der Waals surface area contributed by atoms with Crippen molar-refractivity contribution < 1.29 is 4.74 Å². The number of hydrogen-bond acceptors (Lipinski definition) is 1. The Bertz CT molecular complexity index is 80.6. The monoisotopic (exact) mass is 178 g/mol. The van der Waals surface area contributed by atoms with Gasteiger partial charge in [0.15, 0.2) is 0 Å². The maximum atomic E-state index is 4.97. The number of methoxy groups -OCH3 is 1. The number of hydrogen-bond donors (Lipinski definition) is 0. The van der Waals surface area contributed by atoms with Crippen molar-refractivity contribution in [1.82, 2.24) is 0 Å². The molecule has 0 aliphatic rings. The molecule has 0 aliphatic carbocycles. The van der Waals surface area contributed by atoms with Gasteiger partial charge in [-0.25, -0.2) is 0 Å². The van der Waals surface area contributed by atoms with Crippen LogP contribution < -0.4 is 0 Å². The lowest BCUT2D eigenvalue weighted by Gasteiger charge is -2.08. The number of rotatable bonds is 3. The zero-order valence-corrected chi connectivity index (χ0v) is 6.86. The van der Waals surface area contributed by atoms with Crippen LogP contribution in [0.3, 0.4) is 0 Å². The van der Waals surface area contributed by atoms with Crippen LogP contribution in [0.5, 0.6) is 0 Å². The maximum absolute atomic E-state index is 4.97. The lowest BCUT2D eigenvalue weighted by Crippen LogP contribution is -2.07. The molecular weight excluding hydrogens is 168 g/mol. The van der Waals surface area contributed by atoms with E-state index >= 15 is 0 Å². The van der Waals surface area contributed by atoms with Gasteiger partial charge in [0.1, 0.15) is 0 Å². The Morgan fingerprint density at radius 1 is 1.88 bits per heavy atom. The minimum absolute atomic E-state index is 0.175. The van der Waals surface area contributed by atoms with Crippen molar-refractivity contribution in [3.05, 3.63) is 12.2 Å². The molecule has 2 heteroatoms. The zero-order valence-electron chi connectivity index (χ0n) is 5.28. The largest absolute Gasteiger partial charge is 0.377 e. The fraction of sp³-hybridized carbons (Fsp3) is 0.667. The van der Waals surface area contributed by atoms with Crippen LogP contribution in [-0.2, 0) is 4.74 Å². The molecule has 0 amide bonds. The van der Waals surface area contributed by atoms with Gasteiger partial charge in [-0.2, -0.15) is 0 Å². The van der Waals surface area contributed by atoms with Crippen molar-refractivity contribution >= 4 is 15.9 Å². The Hall–Kier alpha value is 0.180. The van der Waals surface area contributed by atoms with Crippen molar-refractivity contribution in [3.63, 3.8) is 0 Å². The SMILES string of the molecule is C=C(CBr)C(C)OC. The second kappa shape index (κ2) is 4.10. The van der Waals surface area contributed by atoms with E-state index < -0.39 is 0 Å². The lowest BCUT2D eigenvalue weighted by atomic mass is 10.2. The van der Waals surface area contributed by atoms with Gasteiger partial charge in [-0.3, -0.25) is 0 Å². The summed E-state index contributed by atoms with van der Waals surface area (Å²) >= 11 is 3.28. The first kappa shape index (κ1) is 8.18. The summed E-state index contributed by atoms with van der Waals surface area (Å²) in [5.74, 6) is 0. The summed E-state index contributed by atoms with van der Waals surface area (Å²) < 4.78 is 4.97. The van der Waals surface area contributed by atoms with Crippen LogP contribution >= 0.6 is 15.9 Å². The minimum Gasteiger partial charge on any atom is -0.377 e. The summed E-state index contributed by atoms with van der Waals surface area (Å²) in [6.07, 6.45) is 0.175. The normalized spacial score (nSPS) is 13.4. The molecule has 0 radical (unpaired) electrons. The average Bonchev–Trinajstić information content (AvgIpc) is 1.84. The molecule has 0 aliphatic heterocycles. The van der Waals surface area contributed by atoms with Gasteiger partial charge < -0.3 is 4.74 Å². The molecule has 0 N–H and O–H groups in total. The summed E-state index contributed by atoms with van der Waals surface area (Å²) in [5, 5.41) is 0.821. The molecule has 0 heterocycles. The molecule has 0 aromatic carbocycles. The summed E-state index contributed by atoms with van der Waals surface area (Å²) in [4.78, 5) is 0. The summed E-state index contributed by atoms with van der Waals surface area (Å²) in [6.45, 7) is 5.75.